The average molecular weight is 345 g/mol. The van der Waals surface area contributed by atoms with Crippen molar-refractivity contribution in [3.63, 3.8) is 0 Å². The number of benzene rings is 1. The number of aromatic nitrogens is 2. The molecule has 0 radical (unpaired) electrons. The van der Waals surface area contributed by atoms with Crippen LogP contribution in [0.25, 0.3) is 11.5 Å². The lowest BCUT2D eigenvalue weighted by Gasteiger charge is -2.34. The molecule has 1 aliphatic rings. The van der Waals surface area contributed by atoms with Crippen LogP contribution in [0.2, 0.25) is 0 Å². The molecule has 24 heavy (non-hydrogen) atoms. The van der Waals surface area contributed by atoms with Crippen LogP contribution in [-0.2, 0) is 4.79 Å². The molecule has 2 atom stereocenters. The average Bonchev–Trinajstić information content (AvgIpc) is 3.00. The molecular formula is C18H23N3O2S. The summed E-state index contributed by atoms with van der Waals surface area (Å²) >= 11 is 1.31. The van der Waals surface area contributed by atoms with Crippen molar-refractivity contribution in [3.8, 4) is 11.5 Å². The zero-order valence-corrected chi connectivity index (χ0v) is 15.2. The van der Waals surface area contributed by atoms with Gasteiger partial charge in [-0.25, -0.2) is 0 Å². The Morgan fingerprint density at radius 2 is 2.04 bits per heavy atom. The summed E-state index contributed by atoms with van der Waals surface area (Å²) in [5.41, 5.74) is 2.04. The van der Waals surface area contributed by atoms with Gasteiger partial charge in [0.1, 0.15) is 0 Å². The van der Waals surface area contributed by atoms with Gasteiger partial charge >= 0.3 is 0 Å². The molecule has 5 nitrogen and oxygen atoms in total. The van der Waals surface area contributed by atoms with Crippen LogP contribution in [0.1, 0.15) is 25.8 Å². The normalized spacial score (nSPS) is 21.0. The van der Waals surface area contributed by atoms with Crippen LogP contribution in [0.3, 0.4) is 0 Å². The number of piperidine rings is 1. The Hall–Kier alpha value is -1.82. The molecule has 2 heterocycles. The number of carbonyl (C=O) groups is 1. The zero-order chi connectivity index (χ0) is 17.1. The molecule has 6 heteroatoms. The molecule has 1 amide bonds. The fourth-order valence-corrected chi connectivity index (χ4v) is 3.91. The van der Waals surface area contributed by atoms with Crippen molar-refractivity contribution in [2.24, 2.45) is 11.8 Å². The Labute approximate surface area is 146 Å². The first-order valence-electron chi connectivity index (χ1n) is 8.32. The first-order valence-corrected chi connectivity index (χ1v) is 9.31. The lowest BCUT2D eigenvalue weighted by atomic mass is 9.92. The van der Waals surface area contributed by atoms with E-state index in [2.05, 4.69) is 24.0 Å². The molecule has 1 aliphatic heterocycles. The SMILES string of the molecule is Cc1cccc(-c2nnc(SCC(=O)N3C[C@@H](C)C[C@H](C)C3)o2)c1. The monoisotopic (exact) mass is 345 g/mol. The number of hydrogen-bond donors (Lipinski definition) is 0. The van der Waals surface area contributed by atoms with Crippen LogP contribution in [0.15, 0.2) is 33.9 Å². The van der Waals surface area contributed by atoms with Crippen LogP contribution in [0.4, 0.5) is 0 Å². The van der Waals surface area contributed by atoms with Crippen molar-refractivity contribution in [2.75, 3.05) is 18.8 Å². The van der Waals surface area contributed by atoms with E-state index in [1.54, 1.807) is 0 Å². The molecule has 0 saturated carbocycles. The quantitative estimate of drug-likeness (QED) is 0.792. The van der Waals surface area contributed by atoms with E-state index in [1.165, 1.54) is 18.2 Å². The van der Waals surface area contributed by atoms with Gasteiger partial charge in [0, 0.05) is 18.7 Å². The van der Waals surface area contributed by atoms with Crippen molar-refractivity contribution in [3.05, 3.63) is 29.8 Å². The van der Waals surface area contributed by atoms with Crippen LogP contribution < -0.4 is 0 Å². The highest BCUT2D eigenvalue weighted by Gasteiger charge is 2.25. The number of carbonyl (C=O) groups excluding carboxylic acids is 1. The molecule has 0 bridgehead atoms. The van der Waals surface area contributed by atoms with E-state index in [0.29, 0.717) is 28.7 Å². The highest BCUT2D eigenvalue weighted by Crippen LogP contribution is 2.25. The van der Waals surface area contributed by atoms with Gasteiger partial charge in [0.15, 0.2) is 0 Å². The third kappa shape index (κ3) is 4.17. The van der Waals surface area contributed by atoms with Gasteiger partial charge in [-0.2, -0.15) is 0 Å². The largest absolute Gasteiger partial charge is 0.411 e. The number of nitrogens with zero attached hydrogens (tertiary/aromatic N) is 3. The first kappa shape index (κ1) is 17.0. The molecule has 1 saturated heterocycles. The minimum Gasteiger partial charge on any atom is -0.411 e. The van der Waals surface area contributed by atoms with E-state index in [1.807, 2.05) is 36.1 Å². The molecule has 1 aromatic carbocycles. The number of amides is 1. The molecule has 1 fully saturated rings. The van der Waals surface area contributed by atoms with Crippen LogP contribution >= 0.6 is 11.8 Å². The van der Waals surface area contributed by atoms with Gasteiger partial charge in [-0.05, 0) is 37.3 Å². The van der Waals surface area contributed by atoms with Crippen molar-refractivity contribution >= 4 is 17.7 Å². The van der Waals surface area contributed by atoms with Crippen molar-refractivity contribution in [2.45, 2.75) is 32.4 Å². The van der Waals surface area contributed by atoms with Gasteiger partial charge in [-0.15, -0.1) is 10.2 Å². The Balaban J connectivity index is 1.58. The number of hydrogen-bond acceptors (Lipinski definition) is 5. The zero-order valence-electron chi connectivity index (χ0n) is 14.4. The first-order chi connectivity index (χ1) is 11.5. The van der Waals surface area contributed by atoms with Crippen LogP contribution in [-0.4, -0.2) is 39.8 Å². The Morgan fingerprint density at radius 3 is 2.75 bits per heavy atom. The van der Waals surface area contributed by atoms with Crippen molar-refractivity contribution < 1.29 is 9.21 Å². The molecule has 128 valence electrons. The summed E-state index contributed by atoms with van der Waals surface area (Å²) in [4.78, 5) is 14.4. The fourth-order valence-electron chi connectivity index (χ4n) is 3.24. The van der Waals surface area contributed by atoms with Crippen molar-refractivity contribution in [1.82, 2.24) is 15.1 Å². The minimum atomic E-state index is 0.147. The second-order valence-corrected chi connectivity index (χ2v) is 7.70. The Kier molecular flexibility index (Phi) is 5.23. The highest BCUT2D eigenvalue weighted by molar-refractivity contribution is 7.99. The van der Waals surface area contributed by atoms with E-state index in [4.69, 9.17) is 4.42 Å². The second kappa shape index (κ2) is 7.38. The number of thioether (sulfide) groups is 1. The van der Waals surface area contributed by atoms with Gasteiger partial charge < -0.3 is 9.32 Å². The molecule has 0 N–H and O–H groups in total. The maximum absolute atomic E-state index is 12.4. The van der Waals surface area contributed by atoms with Gasteiger partial charge in [-0.3, -0.25) is 4.79 Å². The highest BCUT2D eigenvalue weighted by atomic mass is 32.2. The molecule has 0 aliphatic carbocycles. The number of likely N-dealkylation sites (tertiary alicyclic amines) is 1. The Morgan fingerprint density at radius 1 is 1.29 bits per heavy atom. The summed E-state index contributed by atoms with van der Waals surface area (Å²) in [6.45, 7) is 8.13. The van der Waals surface area contributed by atoms with Crippen molar-refractivity contribution in [1.29, 1.82) is 0 Å². The summed E-state index contributed by atoms with van der Waals surface area (Å²) in [6, 6.07) is 7.93. The predicted molar refractivity (Wildman–Crippen MR) is 94.7 cm³/mol. The standard InChI is InChI=1S/C18H23N3O2S/c1-12-5-4-6-15(8-12)17-19-20-18(23-17)24-11-16(22)21-9-13(2)7-14(3)10-21/h4-6,8,13-14H,7,9-11H2,1-3H3/t13-,14-/m0/s1. The van der Waals surface area contributed by atoms with Gasteiger partial charge in [0.05, 0.1) is 5.75 Å². The summed E-state index contributed by atoms with van der Waals surface area (Å²) in [5.74, 6) is 2.12. The predicted octanol–water partition coefficient (Wildman–Crippen LogP) is 3.64. The third-order valence-corrected chi connectivity index (χ3v) is 5.02. The maximum Gasteiger partial charge on any atom is 0.277 e. The van der Waals surface area contributed by atoms with Gasteiger partial charge in [-0.1, -0.05) is 43.3 Å². The van der Waals surface area contributed by atoms with Crippen LogP contribution in [0.5, 0.6) is 0 Å². The topological polar surface area (TPSA) is 59.2 Å². The summed E-state index contributed by atoms with van der Waals surface area (Å²) in [5, 5.41) is 8.57. The van der Waals surface area contributed by atoms with E-state index < -0.39 is 0 Å². The molecule has 3 rings (SSSR count). The molecule has 2 aromatic rings. The summed E-state index contributed by atoms with van der Waals surface area (Å²) < 4.78 is 5.67. The minimum absolute atomic E-state index is 0.147. The summed E-state index contributed by atoms with van der Waals surface area (Å²) in [6.07, 6.45) is 1.19. The lowest BCUT2D eigenvalue weighted by molar-refractivity contribution is -0.130. The molecule has 0 spiro atoms. The fraction of sp³-hybridized carbons (Fsp3) is 0.500. The number of rotatable bonds is 4. The van der Waals surface area contributed by atoms with Gasteiger partial charge in [0.25, 0.3) is 5.22 Å². The lowest BCUT2D eigenvalue weighted by Crippen LogP contribution is -2.43. The van der Waals surface area contributed by atoms with Gasteiger partial charge in [0.2, 0.25) is 11.8 Å². The van der Waals surface area contributed by atoms with Crippen LogP contribution in [0, 0.1) is 18.8 Å². The second-order valence-electron chi connectivity index (χ2n) is 6.78. The molecule has 0 unspecified atom stereocenters. The smallest absolute Gasteiger partial charge is 0.277 e. The van der Waals surface area contributed by atoms with E-state index in [9.17, 15) is 4.79 Å². The Bertz CT molecular complexity index is 706. The number of aryl methyl sites for hydroxylation is 1. The van der Waals surface area contributed by atoms with E-state index in [0.717, 1.165) is 24.2 Å². The van der Waals surface area contributed by atoms with E-state index in [-0.39, 0.29) is 5.91 Å². The summed E-state index contributed by atoms with van der Waals surface area (Å²) in [7, 11) is 0. The molecular weight excluding hydrogens is 322 g/mol. The van der Waals surface area contributed by atoms with E-state index >= 15 is 0 Å². The molecule has 1 aromatic heterocycles. The third-order valence-electron chi connectivity index (χ3n) is 4.21. The maximum atomic E-state index is 12.4.